The van der Waals surface area contributed by atoms with Crippen molar-refractivity contribution in [3.63, 3.8) is 0 Å². The molecule has 3 aromatic rings. The van der Waals surface area contributed by atoms with Crippen LogP contribution in [0, 0.1) is 0 Å². The van der Waals surface area contributed by atoms with Crippen LogP contribution in [0.5, 0.6) is 17.2 Å². The molecule has 1 aromatic heterocycles. The third-order valence-corrected chi connectivity index (χ3v) is 3.98. The Bertz CT molecular complexity index is 1040. The van der Waals surface area contributed by atoms with Gasteiger partial charge in [-0.3, -0.25) is 9.32 Å². The van der Waals surface area contributed by atoms with E-state index in [-0.39, 0.29) is 12.4 Å². The molecule has 0 bridgehead atoms. The molecule has 28 heavy (non-hydrogen) atoms. The predicted octanol–water partition coefficient (Wildman–Crippen LogP) is 2.17. The summed E-state index contributed by atoms with van der Waals surface area (Å²) in [5.74, 6) is 0.630. The van der Waals surface area contributed by atoms with E-state index in [0.29, 0.717) is 28.5 Å². The van der Waals surface area contributed by atoms with Crippen molar-refractivity contribution >= 4 is 11.6 Å². The van der Waals surface area contributed by atoms with Crippen molar-refractivity contribution in [3.8, 4) is 28.6 Å². The third-order valence-electron chi connectivity index (χ3n) is 3.98. The minimum atomic E-state index is -0.745. The maximum atomic E-state index is 12.4. The van der Waals surface area contributed by atoms with Gasteiger partial charge in [0.15, 0.2) is 17.3 Å². The number of methoxy groups -OCH3 is 3. The van der Waals surface area contributed by atoms with E-state index in [0.717, 1.165) is 4.57 Å². The van der Waals surface area contributed by atoms with Crippen LogP contribution in [0.2, 0.25) is 0 Å². The second-order valence-corrected chi connectivity index (χ2v) is 5.71. The van der Waals surface area contributed by atoms with E-state index in [1.165, 1.54) is 21.3 Å². The van der Waals surface area contributed by atoms with Crippen LogP contribution < -0.4 is 25.3 Å². The van der Waals surface area contributed by atoms with Gasteiger partial charge in [0, 0.05) is 17.3 Å². The van der Waals surface area contributed by atoms with E-state index in [2.05, 4.69) is 10.5 Å². The SMILES string of the molecule is COc1cccc(NC(=O)Cn2c(-c3ccc(OC)c(OC)c3)noc2=O)c1. The molecular formula is C19H19N3O6. The Hall–Kier alpha value is -3.75. The van der Waals surface area contributed by atoms with E-state index in [9.17, 15) is 9.59 Å². The summed E-state index contributed by atoms with van der Waals surface area (Å²) in [6, 6.07) is 11.9. The van der Waals surface area contributed by atoms with E-state index in [1.807, 2.05) is 0 Å². The summed E-state index contributed by atoms with van der Waals surface area (Å²) in [5, 5.41) is 6.49. The zero-order valence-electron chi connectivity index (χ0n) is 15.6. The first-order valence-corrected chi connectivity index (χ1v) is 8.28. The lowest BCUT2D eigenvalue weighted by atomic mass is 10.2. The van der Waals surface area contributed by atoms with Crippen LogP contribution in [0.25, 0.3) is 11.4 Å². The highest BCUT2D eigenvalue weighted by molar-refractivity contribution is 5.91. The molecule has 0 atom stereocenters. The topological polar surface area (TPSA) is 105 Å². The number of hydrogen-bond donors (Lipinski definition) is 1. The van der Waals surface area contributed by atoms with Crippen LogP contribution in [-0.2, 0) is 11.3 Å². The fourth-order valence-corrected chi connectivity index (χ4v) is 2.64. The number of aromatic nitrogens is 2. The molecule has 0 radical (unpaired) electrons. The molecule has 146 valence electrons. The van der Waals surface area contributed by atoms with Gasteiger partial charge in [-0.2, -0.15) is 0 Å². The summed E-state index contributed by atoms with van der Waals surface area (Å²) < 4.78 is 21.5. The number of ether oxygens (including phenoxy) is 3. The van der Waals surface area contributed by atoms with Crippen LogP contribution in [-0.4, -0.2) is 37.0 Å². The monoisotopic (exact) mass is 385 g/mol. The molecule has 0 fully saturated rings. The van der Waals surface area contributed by atoms with Crippen molar-refractivity contribution in [3.05, 3.63) is 53.0 Å². The predicted molar refractivity (Wildman–Crippen MR) is 101 cm³/mol. The van der Waals surface area contributed by atoms with Crippen LogP contribution in [0.1, 0.15) is 0 Å². The lowest BCUT2D eigenvalue weighted by molar-refractivity contribution is -0.116. The Balaban J connectivity index is 1.85. The normalized spacial score (nSPS) is 10.4. The molecule has 0 saturated carbocycles. The molecule has 0 aliphatic rings. The first kappa shape index (κ1) is 19.0. The zero-order chi connectivity index (χ0) is 20.1. The van der Waals surface area contributed by atoms with Crippen LogP contribution in [0.15, 0.2) is 51.8 Å². The Labute approximate surface area is 160 Å². The Morgan fingerprint density at radius 1 is 1.07 bits per heavy atom. The molecule has 0 spiro atoms. The maximum Gasteiger partial charge on any atom is 0.442 e. The number of anilines is 1. The van der Waals surface area contributed by atoms with Gasteiger partial charge in [0.1, 0.15) is 12.3 Å². The van der Waals surface area contributed by atoms with Gasteiger partial charge in [0.05, 0.1) is 21.3 Å². The minimum Gasteiger partial charge on any atom is -0.497 e. The molecule has 0 unspecified atom stereocenters. The summed E-state index contributed by atoms with van der Waals surface area (Å²) in [5.41, 5.74) is 1.08. The van der Waals surface area contributed by atoms with Crippen molar-refractivity contribution < 1.29 is 23.5 Å². The van der Waals surface area contributed by atoms with E-state index >= 15 is 0 Å². The molecule has 9 nitrogen and oxygen atoms in total. The van der Waals surface area contributed by atoms with Crippen LogP contribution in [0.4, 0.5) is 5.69 Å². The largest absolute Gasteiger partial charge is 0.497 e. The maximum absolute atomic E-state index is 12.4. The average Bonchev–Trinajstić information content (AvgIpc) is 3.07. The van der Waals surface area contributed by atoms with Crippen LogP contribution >= 0.6 is 0 Å². The highest BCUT2D eigenvalue weighted by Gasteiger charge is 2.18. The Morgan fingerprint density at radius 2 is 1.86 bits per heavy atom. The standard InChI is InChI=1S/C19H19N3O6/c1-25-14-6-4-5-13(10-14)20-17(23)11-22-18(21-28-19(22)24)12-7-8-15(26-2)16(9-12)27-3/h4-10H,11H2,1-3H3,(H,20,23). The molecule has 1 heterocycles. The molecule has 0 saturated heterocycles. The van der Waals surface area contributed by atoms with Gasteiger partial charge in [-0.1, -0.05) is 11.2 Å². The fourth-order valence-electron chi connectivity index (χ4n) is 2.64. The lowest BCUT2D eigenvalue weighted by Gasteiger charge is -2.10. The van der Waals surface area contributed by atoms with Crippen molar-refractivity contribution in [2.75, 3.05) is 26.6 Å². The quantitative estimate of drug-likeness (QED) is 0.664. The number of rotatable bonds is 7. The average molecular weight is 385 g/mol. The second-order valence-electron chi connectivity index (χ2n) is 5.71. The number of hydrogen-bond acceptors (Lipinski definition) is 7. The number of amides is 1. The molecule has 1 amide bonds. The van der Waals surface area contributed by atoms with E-state index in [1.54, 1.807) is 42.5 Å². The van der Waals surface area contributed by atoms with Gasteiger partial charge in [-0.05, 0) is 30.3 Å². The molecular weight excluding hydrogens is 366 g/mol. The summed E-state index contributed by atoms with van der Waals surface area (Å²) in [6.45, 7) is -0.275. The smallest absolute Gasteiger partial charge is 0.442 e. The van der Waals surface area contributed by atoms with Gasteiger partial charge < -0.3 is 19.5 Å². The lowest BCUT2D eigenvalue weighted by Crippen LogP contribution is -2.25. The van der Waals surface area contributed by atoms with Gasteiger partial charge in [0.2, 0.25) is 5.91 Å². The molecule has 0 aliphatic heterocycles. The minimum absolute atomic E-state index is 0.201. The summed E-state index contributed by atoms with van der Waals surface area (Å²) in [6.07, 6.45) is 0. The summed E-state index contributed by atoms with van der Waals surface area (Å²) in [7, 11) is 4.55. The molecule has 2 aromatic carbocycles. The zero-order valence-corrected chi connectivity index (χ0v) is 15.6. The van der Waals surface area contributed by atoms with Gasteiger partial charge in [-0.25, -0.2) is 9.36 Å². The number of carbonyl (C=O) groups excluding carboxylic acids is 1. The van der Waals surface area contributed by atoms with E-state index < -0.39 is 11.7 Å². The van der Waals surface area contributed by atoms with Gasteiger partial charge in [-0.15, -0.1) is 0 Å². The summed E-state index contributed by atoms with van der Waals surface area (Å²) in [4.78, 5) is 24.5. The van der Waals surface area contributed by atoms with Crippen molar-refractivity contribution in [2.45, 2.75) is 6.54 Å². The van der Waals surface area contributed by atoms with Crippen molar-refractivity contribution in [1.82, 2.24) is 9.72 Å². The number of benzene rings is 2. The molecule has 1 N–H and O–H groups in total. The third kappa shape index (κ3) is 3.98. The Morgan fingerprint density at radius 3 is 2.57 bits per heavy atom. The van der Waals surface area contributed by atoms with Gasteiger partial charge in [0.25, 0.3) is 0 Å². The molecule has 0 aliphatic carbocycles. The first-order valence-electron chi connectivity index (χ1n) is 8.28. The summed E-state index contributed by atoms with van der Waals surface area (Å²) >= 11 is 0. The molecule has 9 heteroatoms. The van der Waals surface area contributed by atoms with Gasteiger partial charge >= 0.3 is 5.76 Å². The van der Waals surface area contributed by atoms with Crippen molar-refractivity contribution in [2.24, 2.45) is 0 Å². The number of carbonyl (C=O) groups is 1. The second kappa shape index (κ2) is 8.30. The fraction of sp³-hybridized carbons (Fsp3) is 0.211. The first-order chi connectivity index (χ1) is 13.5. The van der Waals surface area contributed by atoms with Crippen LogP contribution in [0.3, 0.4) is 0 Å². The highest BCUT2D eigenvalue weighted by atomic mass is 16.5. The number of nitrogens with one attached hydrogen (secondary N) is 1. The Kier molecular flexibility index (Phi) is 5.64. The highest BCUT2D eigenvalue weighted by Crippen LogP contribution is 2.31. The van der Waals surface area contributed by atoms with Crippen molar-refractivity contribution in [1.29, 1.82) is 0 Å². The number of nitrogens with zero attached hydrogens (tertiary/aromatic N) is 2. The molecule has 3 rings (SSSR count). The van der Waals surface area contributed by atoms with E-state index in [4.69, 9.17) is 18.7 Å².